The van der Waals surface area contributed by atoms with Gasteiger partial charge in [-0.1, -0.05) is 19.1 Å². The molecule has 1 aromatic rings. The fourth-order valence-electron chi connectivity index (χ4n) is 1.81. The maximum absolute atomic E-state index is 5.73. The van der Waals surface area contributed by atoms with Crippen LogP contribution in [0.2, 0.25) is 0 Å². The molecule has 0 saturated heterocycles. The largest absolute Gasteiger partial charge is 0.497 e. The Bertz CT molecular complexity index is 346. The van der Waals surface area contributed by atoms with Crippen molar-refractivity contribution >= 4 is 0 Å². The number of benzene rings is 1. The van der Waals surface area contributed by atoms with Gasteiger partial charge in [-0.3, -0.25) is 0 Å². The highest BCUT2D eigenvalue weighted by Gasteiger charge is 2.20. The summed E-state index contributed by atoms with van der Waals surface area (Å²) in [6.45, 7) is 4.78. The van der Waals surface area contributed by atoms with Gasteiger partial charge >= 0.3 is 0 Å². The van der Waals surface area contributed by atoms with Crippen molar-refractivity contribution in [3.63, 3.8) is 0 Å². The van der Waals surface area contributed by atoms with Gasteiger partial charge in [-0.15, -0.1) is 0 Å². The summed E-state index contributed by atoms with van der Waals surface area (Å²) >= 11 is 0. The Hall–Kier alpha value is -1.06. The van der Waals surface area contributed by atoms with Gasteiger partial charge in [-0.2, -0.15) is 0 Å². The Kier molecular flexibility index (Phi) is 5.02. The van der Waals surface area contributed by atoms with Crippen molar-refractivity contribution in [3.05, 3.63) is 29.8 Å². The van der Waals surface area contributed by atoms with E-state index in [1.165, 1.54) is 18.4 Å². The van der Waals surface area contributed by atoms with E-state index in [-0.39, 0.29) is 0 Å². The van der Waals surface area contributed by atoms with E-state index in [1.54, 1.807) is 7.11 Å². The second kappa shape index (κ2) is 6.76. The van der Waals surface area contributed by atoms with E-state index in [4.69, 9.17) is 9.47 Å². The van der Waals surface area contributed by atoms with Crippen LogP contribution in [0.4, 0.5) is 0 Å². The lowest BCUT2D eigenvalue weighted by atomic mass is 10.2. The number of nitrogens with one attached hydrogen (secondary N) is 1. The third-order valence-corrected chi connectivity index (χ3v) is 3.16. The molecule has 0 heterocycles. The maximum atomic E-state index is 5.73. The molecule has 2 rings (SSSR count). The molecule has 1 aliphatic rings. The minimum atomic E-state index is 0.573. The Morgan fingerprint density at radius 3 is 2.61 bits per heavy atom. The summed E-state index contributed by atoms with van der Waals surface area (Å²) in [6.07, 6.45) is 2.69. The molecular formula is C15H23NO2. The average molecular weight is 249 g/mol. The van der Waals surface area contributed by atoms with Crippen LogP contribution in [-0.2, 0) is 11.3 Å². The van der Waals surface area contributed by atoms with E-state index >= 15 is 0 Å². The fraction of sp³-hybridized carbons (Fsp3) is 0.600. The van der Waals surface area contributed by atoms with Crippen molar-refractivity contribution in [3.8, 4) is 5.75 Å². The van der Waals surface area contributed by atoms with Crippen molar-refractivity contribution in [2.45, 2.75) is 32.4 Å². The van der Waals surface area contributed by atoms with E-state index in [0.29, 0.717) is 12.5 Å². The first-order valence-corrected chi connectivity index (χ1v) is 6.72. The molecule has 3 nitrogen and oxygen atoms in total. The Labute approximate surface area is 109 Å². The van der Waals surface area contributed by atoms with Crippen LogP contribution in [0.15, 0.2) is 24.3 Å². The quantitative estimate of drug-likeness (QED) is 0.768. The third kappa shape index (κ3) is 4.67. The lowest BCUT2D eigenvalue weighted by molar-refractivity contribution is 0.0917. The fourth-order valence-corrected chi connectivity index (χ4v) is 1.81. The van der Waals surface area contributed by atoms with Gasteiger partial charge in [0.1, 0.15) is 5.75 Å². The molecule has 18 heavy (non-hydrogen) atoms. The average Bonchev–Trinajstić information content (AvgIpc) is 3.21. The molecule has 0 radical (unpaired) electrons. The van der Waals surface area contributed by atoms with E-state index in [2.05, 4.69) is 12.2 Å². The highest BCUT2D eigenvalue weighted by molar-refractivity contribution is 5.26. The predicted octanol–water partition coefficient (Wildman–Crippen LogP) is 2.60. The van der Waals surface area contributed by atoms with Crippen LogP contribution in [-0.4, -0.2) is 26.3 Å². The zero-order valence-corrected chi connectivity index (χ0v) is 11.3. The molecule has 0 bridgehead atoms. The Balaban J connectivity index is 1.60. The van der Waals surface area contributed by atoms with Crippen LogP contribution in [0.3, 0.4) is 0 Å². The zero-order chi connectivity index (χ0) is 12.8. The summed E-state index contributed by atoms with van der Waals surface area (Å²) in [4.78, 5) is 0. The second-order valence-electron chi connectivity index (χ2n) is 5.15. The number of hydrogen-bond acceptors (Lipinski definition) is 3. The molecule has 0 spiro atoms. The first-order chi connectivity index (χ1) is 8.78. The normalized spacial score (nSPS) is 16.6. The molecule has 0 aliphatic heterocycles. The smallest absolute Gasteiger partial charge is 0.118 e. The SMILES string of the molecule is COc1ccc(COCC(C)CNC2CC2)cc1. The van der Waals surface area contributed by atoms with Crippen molar-refractivity contribution in [1.82, 2.24) is 5.32 Å². The lowest BCUT2D eigenvalue weighted by Crippen LogP contribution is -2.25. The van der Waals surface area contributed by atoms with Gasteiger partial charge in [0.15, 0.2) is 0 Å². The Morgan fingerprint density at radius 2 is 2.00 bits per heavy atom. The monoisotopic (exact) mass is 249 g/mol. The summed E-state index contributed by atoms with van der Waals surface area (Å²) in [5.41, 5.74) is 1.19. The number of hydrogen-bond donors (Lipinski definition) is 1. The minimum Gasteiger partial charge on any atom is -0.497 e. The van der Waals surface area contributed by atoms with Gasteiger partial charge in [0.05, 0.1) is 20.3 Å². The summed E-state index contributed by atoms with van der Waals surface area (Å²) in [5, 5.41) is 3.52. The van der Waals surface area contributed by atoms with Gasteiger partial charge in [0.25, 0.3) is 0 Å². The standard InChI is InChI=1S/C15H23NO2/c1-12(9-16-14-5-6-14)10-18-11-13-3-7-15(17-2)8-4-13/h3-4,7-8,12,14,16H,5-6,9-11H2,1-2H3. The van der Waals surface area contributed by atoms with Crippen molar-refractivity contribution in [1.29, 1.82) is 0 Å². The highest BCUT2D eigenvalue weighted by atomic mass is 16.5. The van der Waals surface area contributed by atoms with Gasteiger partial charge < -0.3 is 14.8 Å². The van der Waals surface area contributed by atoms with Crippen LogP contribution in [0, 0.1) is 5.92 Å². The number of ether oxygens (including phenoxy) is 2. The van der Waals surface area contributed by atoms with Gasteiger partial charge in [-0.05, 0) is 36.5 Å². The first-order valence-electron chi connectivity index (χ1n) is 6.72. The predicted molar refractivity (Wildman–Crippen MR) is 72.8 cm³/mol. The summed E-state index contributed by atoms with van der Waals surface area (Å²) in [5.74, 6) is 1.46. The molecule has 1 unspecified atom stereocenters. The van der Waals surface area contributed by atoms with Crippen LogP contribution in [0.5, 0.6) is 5.75 Å². The van der Waals surface area contributed by atoms with Crippen molar-refractivity contribution in [2.24, 2.45) is 5.92 Å². The zero-order valence-electron chi connectivity index (χ0n) is 11.3. The lowest BCUT2D eigenvalue weighted by Gasteiger charge is -2.13. The first kappa shape index (κ1) is 13.4. The van der Waals surface area contributed by atoms with E-state index in [9.17, 15) is 0 Å². The molecular weight excluding hydrogens is 226 g/mol. The molecule has 1 aromatic carbocycles. The van der Waals surface area contributed by atoms with Crippen LogP contribution < -0.4 is 10.1 Å². The summed E-state index contributed by atoms with van der Waals surface area (Å²) in [6, 6.07) is 8.82. The minimum absolute atomic E-state index is 0.573. The van der Waals surface area contributed by atoms with Crippen molar-refractivity contribution in [2.75, 3.05) is 20.3 Å². The molecule has 1 saturated carbocycles. The molecule has 1 fully saturated rings. The van der Waals surface area contributed by atoms with Gasteiger partial charge in [-0.25, -0.2) is 0 Å². The molecule has 1 aliphatic carbocycles. The molecule has 0 amide bonds. The van der Waals surface area contributed by atoms with Crippen molar-refractivity contribution < 1.29 is 9.47 Å². The van der Waals surface area contributed by atoms with E-state index in [0.717, 1.165) is 24.9 Å². The third-order valence-electron chi connectivity index (χ3n) is 3.16. The van der Waals surface area contributed by atoms with E-state index in [1.807, 2.05) is 24.3 Å². The highest BCUT2D eigenvalue weighted by Crippen LogP contribution is 2.18. The molecule has 1 N–H and O–H groups in total. The molecule has 100 valence electrons. The molecule has 3 heteroatoms. The number of methoxy groups -OCH3 is 1. The molecule has 1 atom stereocenters. The molecule has 0 aromatic heterocycles. The van der Waals surface area contributed by atoms with Gasteiger partial charge in [0, 0.05) is 12.6 Å². The van der Waals surface area contributed by atoms with Gasteiger partial charge in [0.2, 0.25) is 0 Å². The summed E-state index contributed by atoms with van der Waals surface area (Å²) in [7, 11) is 1.68. The van der Waals surface area contributed by atoms with E-state index < -0.39 is 0 Å². The second-order valence-corrected chi connectivity index (χ2v) is 5.15. The van der Waals surface area contributed by atoms with Crippen LogP contribution in [0.25, 0.3) is 0 Å². The number of rotatable bonds is 8. The van der Waals surface area contributed by atoms with Crippen LogP contribution in [0.1, 0.15) is 25.3 Å². The topological polar surface area (TPSA) is 30.5 Å². The Morgan fingerprint density at radius 1 is 1.28 bits per heavy atom. The van der Waals surface area contributed by atoms with Crippen LogP contribution >= 0.6 is 0 Å². The maximum Gasteiger partial charge on any atom is 0.118 e. The summed E-state index contributed by atoms with van der Waals surface area (Å²) < 4.78 is 10.8.